The predicted octanol–water partition coefficient (Wildman–Crippen LogP) is 4.83. The van der Waals surface area contributed by atoms with Crippen LogP contribution in [0.15, 0.2) is 65.9 Å². The highest BCUT2D eigenvalue weighted by molar-refractivity contribution is 7.80. The molecule has 2 aromatic carbocycles. The van der Waals surface area contributed by atoms with E-state index in [1.54, 1.807) is 25.5 Å². The van der Waals surface area contributed by atoms with Gasteiger partial charge in [0.2, 0.25) is 0 Å². The van der Waals surface area contributed by atoms with Gasteiger partial charge in [0.1, 0.15) is 5.75 Å². The number of aromatic nitrogens is 1. The predicted molar refractivity (Wildman–Crippen MR) is 120 cm³/mol. The van der Waals surface area contributed by atoms with Gasteiger partial charge in [0, 0.05) is 18.4 Å². The SMILES string of the molecule is COc1ccc(NC(=S)N/N=C\c2cccn2Cc2ccc(C)cc2)cc1Cl. The minimum absolute atomic E-state index is 0.370. The van der Waals surface area contributed by atoms with Crippen molar-refractivity contribution in [3.63, 3.8) is 0 Å². The monoisotopic (exact) mass is 412 g/mol. The highest BCUT2D eigenvalue weighted by atomic mass is 35.5. The van der Waals surface area contributed by atoms with Crippen LogP contribution in [0.2, 0.25) is 5.02 Å². The van der Waals surface area contributed by atoms with Crippen LogP contribution in [0, 0.1) is 6.92 Å². The first-order valence-electron chi connectivity index (χ1n) is 8.69. The number of nitrogens with one attached hydrogen (secondary N) is 2. The Morgan fingerprint density at radius 1 is 1.21 bits per heavy atom. The third-order valence-electron chi connectivity index (χ3n) is 4.11. The summed E-state index contributed by atoms with van der Waals surface area (Å²) in [5.41, 5.74) is 7.03. The molecule has 0 amide bonds. The molecule has 2 N–H and O–H groups in total. The maximum absolute atomic E-state index is 6.12. The van der Waals surface area contributed by atoms with E-state index in [1.165, 1.54) is 11.1 Å². The van der Waals surface area contributed by atoms with E-state index in [9.17, 15) is 0 Å². The number of nitrogens with zero attached hydrogens (tertiary/aromatic N) is 2. The zero-order valence-electron chi connectivity index (χ0n) is 15.6. The van der Waals surface area contributed by atoms with Gasteiger partial charge in [-0.25, -0.2) is 0 Å². The molecule has 1 aromatic heterocycles. The van der Waals surface area contributed by atoms with Gasteiger partial charge in [-0.2, -0.15) is 5.10 Å². The molecule has 0 aliphatic carbocycles. The van der Waals surface area contributed by atoms with E-state index in [0.717, 1.165) is 17.9 Å². The standard InChI is InChI=1S/C21H21ClN4OS/c1-15-5-7-16(8-6-15)14-26-11-3-4-18(26)13-23-25-21(28)24-17-9-10-20(27-2)19(22)12-17/h3-13H,14H2,1-2H3,(H2,24,25,28)/b23-13-. The van der Waals surface area contributed by atoms with Crippen molar-refractivity contribution < 1.29 is 4.74 Å². The molecule has 144 valence electrons. The zero-order valence-corrected chi connectivity index (χ0v) is 17.2. The van der Waals surface area contributed by atoms with Gasteiger partial charge in [-0.15, -0.1) is 0 Å². The van der Waals surface area contributed by atoms with Crippen LogP contribution >= 0.6 is 23.8 Å². The Labute approximate surface area is 175 Å². The van der Waals surface area contributed by atoms with E-state index >= 15 is 0 Å². The molecule has 0 aliphatic heterocycles. The lowest BCUT2D eigenvalue weighted by Crippen LogP contribution is -2.24. The number of rotatable bonds is 6. The topological polar surface area (TPSA) is 50.6 Å². The van der Waals surface area contributed by atoms with Crippen LogP contribution in [0.3, 0.4) is 0 Å². The van der Waals surface area contributed by atoms with Gasteiger partial charge < -0.3 is 14.6 Å². The molecule has 0 saturated heterocycles. The largest absolute Gasteiger partial charge is 0.495 e. The van der Waals surface area contributed by atoms with Crippen LogP contribution in [-0.2, 0) is 6.54 Å². The Hall–Kier alpha value is -2.83. The first kappa shape index (κ1) is 19.9. The van der Waals surface area contributed by atoms with Crippen molar-refractivity contribution in [2.45, 2.75) is 13.5 Å². The van der Waals surface area contributed by atoms with Gasteiger partial charge in [-0.05, 0) is 55.0 Å². The van der Waals surface area contributed by atoms with Crippen molar-refractivity contribution in [3.8, 4) is 5.75 Å². The van der Waals surface area contributed by atoms with Gasteiger partial charge in [-0.3, -0.25) is 5.43 Å². The van der Waals surface area contributed by atoms with E-state index in [0.29, 0.717) is 15.9 Å². The summed E-state index contributed by atoms with van der Waals surface area (Å²) in [6, 6.07) is 17.8. The van der Waals surface area contributed by atoms with Crippen molar-refractivity contribution in [2.24, 2.45) is 5.10 Å². The van der Waals surface area contributed by atoms with E-state index in [-0.39, 0.29) is 0 Å². The number of benzene rings is 2. The summed E-state index contributed by atoms with van der Waals surface area (Å²) in [7, 11) is 1.57. The van der Waals surface area contributed by atoms with Gasteiger partial charge in [0.25, 0.3) is 0 Å². The molecule has 3 aromatic rings. The number of thiocarbonyl (C=S) groups is 1. The molecule has 3 rings (SSSR count). The van der Waals surface area contributed by atoms with Crippen molar-refractivity contribution in [3.05, 3.63) is 82.6 Å². The summed E-state index contributed by atoms with van der Waals surface area (Å²) < 4.78 is 7.26. The number of hydrogen-bond acceptors (Lipinski definition) is 3. The summed E-state index contributed by atoms with van der Waals surface area (Å²) in [4.78, 5) is 0. The second-order valence-electron chi connectivity index (χ2n) is 6.22. The molecule has 28 heavy (non-hydrogen) atoms. The molecule has 7 heteroatoms. The van der Waals surface area contributed by atoms with Crippen molar-refractivity contribution in [1.82, 2.24) is 9.99 Å². The summed E-state index contributed by atoms with van der Waals surface area (Å²) in [6.45, 7) is 2.86. The number of aryl methyl sites for hydroxylation is 1. The Morgan fingerprint density at radius 2 is 2.00 bits per heavy atom. The molecule has 0 aliphatic rings. The molecule has 0 unspecified atom stereocenters. The number of halogens is 1. The molecular weight excluding hydrogens is 392 g/mol. The second-order valence-corrected chi connectivity index (χ2v) is 7.04. The smallest absolute Gasteiger partial charge is 0.191 e. The summed E-state index contributed by atoms with van der Waals surface area (Å²) in [5, 5.41) is 8.14. The Bertz CT molecular complexity index is 982. The third kappa shape index (κ3) is 5.34. The minimum Gasteiger partial charge on any atom is -0.495 e. The van der Waals surface area contributed by atoms with Gasteiger partial charge in [0.05, 0.1) is 24.0 Å². The maximum atomic E-state index is 6.12. The average molecular weight is 413 g/mol. The molecule has 0 radical (unpaired) electrons. The van der Waals surface area contributed by atoms with Crippen molar-refractivity contribution >= 4 is 40.8 Å². The van der Waals surface area contributed by atoms with Gasteiger partial charge in [0.15, 0.2) is 5.11 Å². The number of hydrogen-bond donors (Lipinski definition) is 2. The quantitative estimate of drug-likeness (QED) is 0.346. The number of ether oxygens (including phenoxy) is 1. The third-order valence-corrected chi connectivity index (χ3v) is 4.60. The second kappa shape index (κ2) is 9.39. The van der Waals surface area contributed by atoms with Crippen LogP contribution in [0.25, 0.3) is 0 Å². The first-order chi connectivity index (χ1) is 13.5. The summed E-state index contributed by atoms with van der Waals surface area (Å²) in [5.74, 6) is 0.610. The van der Waals surface area contributed by atoms with E-state index < -0.39 is 0 Å². The van der Waals surface area contributed by atoms with E-state index in [2.05, 4.69) is 51.6 Å². The summed E-state index contributed by atoms with van der Waals surface area (Å²) in [6.07, 6.45) is 3.76. The fourth-order valence-electron chi connectivity index (χ4n) is 2.64. The number of methoxy groups -OCH3 is 1. The maximum Gasteiger partial charge on any atom is 0.191 e. The lowest BCUT2D eigenvalue weighted by Gasteiger charge is -2.09. The highest BCUT2D eigenvalue weighted by Crippen LogP contribution is 2.27. The Morgan fingerprint density at radius 3 is 2.71 bits per heavy atom. The van der Waals surface area contributed by atoms with Gasteiger partial charge >= 0.3 is 0 Å². The Kier molecular flexibility index (Phi) is 6.68. The van der Waals surface area contributed by atoms with E-state index in [4.69, 9.17) is 28.6 Å². The van der Waals surface area contributed by atoms with Crippen molar-refractivity contribution in [2.75, 3.05) is 12.4 Å². The molecule has 0 fully saturated rings. The number of hydrazone groups is 1. The lowest BCUT2D eigenvalue weighted by molar-refractivity contribution is 0.415. The molecule has 5 nitrogen and oxygen atoms in total. The number of anilines is 1. The van der Waals surface area contributed by atoms with Crippen LogP contribution in [0.5, 0.6) is 5.75 Å². The van der Waals surface area contributed by atoms with Gasteiger partial charge in [-0.1, -0.05) is 41.4 Å². The normalized spacial score (nSPS) is 10.8. The van der Waals surface area contributed by atoms with Crippen LogP contribution in [0.1, 0.15) is 16.8 Å². The molecular formula is C21H21ClN4OS. The molecule has 1 heterocycles. The molecule has 0 bridgehead atoms. The van der Waals surface area contributed by atoms with Crippen molar-refractivity contribution in [1.29, 1.82) is 0 Å². The van der Waals surface area contributed by atoms with Crippen LogP contribution in [0.4, 0.5) is 5.69 Å². The zero-order chi connectivity index (χ0) is 19.9. The molecule has 0 saturated carbocycles. The average Bonchev–Trinajstić information content (AvgIpc) is 3.11. The Balaban J connectivity index is 1.57. The van der Waals surface area contributed by atoms with Crippen LogP contribution in [-0.4, -0.2) is 23.0 Å². The minimum atomic E-state index is 0.370. The first-order valence-corrected chi connectivity index (χ1v) is 9.48. The fourth-order valence-corrected chi connectivity index (χ4v) is 3.07. The highest BCUT2D eigenvalue weighted by Gasteiger charge is 2.03. The van der Waals surface area contributed by atoms with E-state index in [1.807, 2.05) is 24.4 Å². The van der Waals surface area contributed by atoms with Crippen LogP contribution < -0.4 is 15.5 Å². The molecule has 0 spiro atoms. The fraction of sp³-hybridized carbons (Fsp3) is 0.143. The molecule has 0 atom stereocenters. The summed E-state index contributed by atoms with van der Waals surface area (Å²) >= 11 is 11.4. The lowest BCUT2D eigenvalue weighted by atomic mass is 10.1.